The van der Waals surface area contributed by atoms with Gasteiger partial charge < -0.3 is 9.47 Å². The fraction of sp³-hybridized carbons (Fsp3) is 0.667. The molecular formula is C18H28O4. The van der Waals surface area contributed by atoms with Gasteiger partial charge in [-0.2, -0.15) is 0 Å². The summed E-state index contributed by atoms with van der Waals surface area (Å²) in [5.74, 6) is -2.24. The second-order valence-corrected chi connectivity index (χ2v) is 6.28. The highest BCUT2D eigenvalue weighted by molar-refractivity contribution is 6.02. The van der Waals surface area contributed by atoms with Gasteiger partial charge in [-0.3, -0.25) is 9.59 Å². The van der Waals surface area contributed by atoms with Gasteiger partial charge >= 0.3 is 11.9 Å². The lowest BCUT2D eigenvalue weighted by Crippen LogP contribution is -2.53. The largest absolute Gasteiger partial charge is 0.422 e. The van der Waals surface area contributed by atoms with E-state index in [9.17, 15) is 9.59 Å². The average Bonchev–Trinajstić information content (AvgIpc) is 2.42. The van der Waals surface area contributed by atoms with Crippen LogP contribution in [0.25, 0.3) is 0 Å². The first-order valence-corrected chi connectivity index (χ1v) is 8.11. The highest BCUT2D eigenvalue weighted by atomic mass is 16.7. The highest BCUT2D eigenvalue weighted by Crippen LogP contribution is 2.38. The van der Waals surface area contributed by atoms with Crippen LogP contribution < -0.4 is 0 Å². The van der Waals surface area contributed by atoms with Crippen LogP contribution in [0.5, 0.6) is 0 Å². The van der Waals surface area contributed by atoms with E-state index in [0.29, 0.717) is 6.42 Å². The lowest BCUT2D eigenvalue weighted by molar-refractivity contribution is -0.250. The number of esters is 2. The Morgan fingerprint density at radius 2 is 1.64 bits per heavy atom. The molecule has 0 radical (unpaired) electrons. The van der Waals surface area contributed by atoms with Crippen LogP contribution in [0.3, 0.4) is 0 Å². The molecule has 0 bridgehead atoms. The van der Waals surface area contributed by atoms with E-state index in [0.717, 1.165) is 12.8 Å². The van der Waals surface area contributed by atoms with Crippen molar-refractivity contribution in [1.29, 1.82) is 0 Å². The van der Waals surface area contributed by atoms with Crippen LogP contribution in [-0.2, 0) is 19.1 Å². The molecule has 1 fully saturated rings. The molecule has 0 aromatic carbocycles. The maximum atomic E-state index is 12.3. The Kier molecular flexibility index (Phi) is 6.85. The molecule has 1 aliphatic heterocycles. The number of hydrogen-bond acceptors (Lipinski definition) is 4. The van der Waals surface area contributed by atoms with Crippen molar-refractivity contribution in [2.45, 2.75) is 71.5 Å². The molecule has 0 aliphatic carbocycles. The van der Waals surface area contributed by atoms with E-state index >= 15 is 0 Å². The molecule has 0 atom stereocenters. The van der Waals surface area contributed by atoms with Crippen molar-refractivity contribution in [3.05, 3.63) is 24.8 Å². The van der Waals surface area contributed by atoms with Crippen molar-refractivity contribution in [1.82, 2.24) is 0 Å². The van der Waals surface area contributed by atoms with Gasteiger partial charge in [0, 0.05) is 13.8 Å². The second-order valence-electron chi connectivity index (χ2n) is 6.28. The standard InChI is InChI=1S/C18H28O4/c1-5-7-8-9-10-11-12-14-18(13-6-2)15(19)21-17(3,4)22-16(18)20/h6,11-12H,2,5,7-10,13-14H2,1,3-4H3/b12-11+. The molecule has 0 spiro atoms. The third-order valence-corrected chi connectivity index (χ3v) is 3.81. The summed E-state index contributed by atoms with van der Waals surface area (Å²) in [5.41, 5.74) is -1.28. The van der Waals surface area contributed by atoms with Crippen LogP contribution in [0.2, 0.25) is 0 Å². The summed E-state index contributed by atoms with van der Waals surface area (Å²) in [6.45, 7) is 8.94. The predicted molar refractivity (Wildman–Crippen MR) is 86.0 cm³/mol. The first kappa shape index (κ1) is 18.5. The van der Waals surface area contributed by atoms with E-state index in [1.807, 2.05) is 12.2 Å². The zero-order valence-electron chi connectivity index (χ0n) is 14.0. The van der Waals surface area contributed by atoms with Gasteiger partial charge in [-0.05, 0) is 25.7 Å². The molecule has 1 aliphatic rings. The maximum absolute atomic E-state index is 12.3. The van der Waals surface area contributed by atoms with E-state index in [1.54, 1.807) is 19.9 Å². The number of carbonyl (C=O) groups is 2. The van der Waals surface area contributed by atoms with Gasteiger partial charge in [0.2, 0.25) is 0 Å². The van der Waals surface area contributed by atoms with Gasteiger partial charge in [0.25, 0.3) is 5.79 Å². The smallest absolute Gasteiger partial charge is 0.327 e. The molecule has 0 unspecified atom stereocenters. The molecule has 0 N–H and O–H groups in total. The zero-order valence-corrected chi connectivity index (χ0v) is 14.0. The van der Waals surface area contributed by atoms with Crippen LogP contribution in [0.4, 0.5) is 0 Å². The minimum atomic E-state index is -1.28. The number of hydrogen-bond donors (Lipinski definition) is 0. The molecule has 1 saturated heterocycles. The van der Waals surface area contributed by atoms with Crippen molar-refractivity contribution >= 4 is 11.9 Å². The predicted octanol–water partition coefficient (Wildman–Crippen LogP) is 4.30. The summed E-state index contributed by atoms with van der Waals surface area (Å²) in [6, 6.07) is 0. The number of ether oxygens (including phenoxy) is 2. The van der Waals surface area contributed by atoms with Gasteiger partial charge in [0.15, 0.2) is 5.41 Å². The van der Waals surface area contributed by atoms with Gasteiger partial charge in [0.1, 0.15) is 0 Å². The molecule has 4 heteroatoms. The molecule has 0 aromatic heterocycles. The number of cyclic esters (lactones) is 2. The normalized spacial score (nSPS) is 19.8. The van der Waals surface area contributed by atoms with E-state index < -0.39 is 23.1 Å². The van der Waals surface area contributed by atoms with Crippen LogP contribution in [0, 0.1) is 5.41 Å². The van der Waals surface area contributed by atoms with Crippen molar-refractivity contribution < 1.29 is 19.1 Å². The quantitative estimate of drug-likeness (QED) is 0.276. The Morgan fingerprint density at radius 3 is 2.18 bits per heavy atom. The van der Waals surface area contributed by atoms with Gasteiger partial charge in [-0.1, -0.05) is 44.4 Å². The molecule has 1 rings (SSSR count). The minimum Gasteiger partial charge on any atom is -0.422 e. The van der Waals surface area contributed by atoms with E-state index in [1.165, 1.54) is 19.3 Å². The van der Waals surface area contributed by atoms with Gasteiger partial charge in [-0.25, -0.2) is 0 Å². The summed E-state index contributed by atoms with van der Waals surface area (Å²) in [7, 11) is 0. The van der Waals surface area contributed by atoms with Crippen LogP contribution >= 0.6 is 0 Å². The average molecular weight is 308 g/mol. The number of unbranched alkanes of at least 4 members (excludes halogenated alkanes) is 4. The van der Waals surface area contributed by atoms with Crippen molar-refractivity contribution in [2.24, 2.45) is 5.41 Å². The van der Waals surface area contributed by atoms with Crippen LogP contribution in [0.15, 0.2) is 24.8 Å². The Morgan fingerprint density at radius 1 is 1.00 bits per heavy atom. The molecule has 1 heterocycles. The molecule has 124 valence electrons. The summed E-state index contributed by atoms with van der Waals surface area (Å²) in [6.07, 6.45) is 11.7. The first-order chi connectivity index (χ1) is 10.4. The number of allylic oxidation sites excluding steroid dienone is 3. The fourth-order valence-corrected chi connectivity index (χ4v) is 2.50. The zero-order chi connectivity index (χ0) is 16.6. The summed E-state index contributed by atoms with van der Waals surface area (Å²) in [5, 5.41) is 0. The molecular weight excluding hydrogens is 280 g/mol. The Hall–Kier alpha value is -1.58. The third-order valence-electron chi connectivity index (χ3n) is 3.81. The molecule has 0 saturated carbocycles. The lowest BCUT2D eigenvalue weighted by Gasteiger charge is -2.39. The topological polar surface area (TPSA) is 52.6 Å². The van der Waals surface area contributed by atoms with E-state index in [2.05, 4.69) is 13.5 Å². The van der Waals surface area contributed by atoms with Crippen LogP contribution in [-0.4, -0.2) is 17.7 Å². The number of rotatable bonds is 9. The maximum Gasteiger partial charge on any atom is 0.327 e. The van der Waals surface area contributed by atoms with Crippen LogP contribution in [0.1, 0.15) is 65.7 Å². The van der Waals surface area contributed by atoms with Crippen molar-refractivity contribution in [3.8, 4) is 0 Å². The highest BCUT2D eigenvalue weighted by Gasteiger charge is 2.54. The minimum absolute atomic E-state index is 0.223. The summed E-state index contributed by atoms with van der Waals surface area (Å²) < 4.78 is 10.5. The molecule has 0 aromatic rings. The van der Waals surface area contributed by atoms with E-state index in [4.69, 9.17) is 9.47 Å². The molecule has 22 heavy (non-hydrogen) atoms. The lowest BCUT2D eigenvalue weighted by atomic mass is 9.80. The Balaban J connectivity index is 2.67. The second kappa shape index (κ2) is 8.16. The number of carbonyl (C=O) groups excluding carboxylic acids is 2. The Labute approximate surface area is 133 Å². The van der Waals surface area contributed by atoms with Crippen molar-refractivity contribution in [2.75, 3.05) is 0 Å². The van der Waals surface area contributed by atoms with Gasteiger partial charge in [0.05, 0.1) is 0 Å². The van der Waals surface area contributed by atoms with Gasteiger partial charge in [-0.15, -0.1) is 6.58 Å². The van der Waals surface area contributed by atoms with E-state index in [-0.39, 0.29) is 6.42 Å². The molecule has 4 nitrogen and oxygen atoms in total. The van der Waals surface area contributed by atoms with Crippen molar-refractivity contribution in [3.63, 3.8) is 0 Å². The Bertz CT molecular complexity index is 414. The molecule has 0 amide bonds. The third kappa shape index (κ3) is 4.72. The first-order valence-electron chi connectivity index (χ1n) is 8.11. The SMILES string of the molecule is C=CCC1(C/C=C/CCCCCC)C(=O)OC(C)(C)OC1=O. The monoisotopic (exact) mass is 308 g/mol. The summed E-state index contributed by atoms with van der Waals surface area (Å²) in [4.78, 5) is 24.7. The fourth-order valence-electron chi connectivity index (χ4n) is 2.50. The summed E-state index contributed by atoms with van der Waals surface area (Å²) >= 11 is 0.